The van der Waals surface area contributed by atoms with E-state index in [0.717, 1.165) is 23.2 Å². The molecule has 0 atom stereocenters. The molecule has 0 radical (unpaired) electrons. The first-order valence-electron chi connectivity index (χ1n) is 6.63. The summed E-state index contributed by atoms with van der Waals surface area (Å²) in [6.07, 6.45) is 0. The third-order valence-electron chi connectivity index (χ3n) is 3.17. The average Bonchev–Trinajstić information content (AvgIpc) is 2.47. The van der Waals surface area contributed by atoms with E-state index in [4.69, 9.17) is 16.3 Å². The molecule has 0 saturated carbocycles. The fraction of sp³-hybridized carbons (Fsp3) is 0.235. The van der Waals surface area contributed by atoms with Gasteiger partial charge < -0.3 is 9.64 Å². The summed E-state index contributed by atoms with van der Waals surface area (Å²) in [5.74, 6) is -0.322. The number of hydrogen-bond acceptors (Lipinski definition) is 3. The highest BCUT2D eigenvalue weighted by Crippen LogP contribution is 2.27. The van der Waals surface area contributed by atoms with Crippen molar-refractivity contribution in [1.82, 2.24) is 4.90 Å². The van der Waals surface area contributed by atoms with Crippen molar-refractivity contribution in [3.05, 3.63) is 58.6 Å². The highest BCUT2D eigenvalue weighted by molar-refractivity contribution is 6.30. The molecule has 0 unspecified atom stereocenters. The third kappa shape index (κ3) is 3.84. The second-order valence-corrected chi connectivity index (χ2v) is 5.54. The lowest BCUT2D eigenvalue weighted by Crippen LogP contribution is -2.12. The van der Waals surface area contributed by atoms with Crippen molar-refractivity contribution in [3.8, 4) is 11.1 Å². The van der Waals surface area contributed by atoms with Crippen LogP contribution in [0.2, 0.25) is 5.02 Å². The first-order chi connectivity index (χ1) is 10.0. The zero-order valence-corrected chi connectivity index (χ0v) is 13.1. The van der Waals surface area contributed by atoms with Crippen LogP contribution < -0.4 is 0 Å². The van der Waals surface area contributed by atoms with Gasteiger partial charge in [0.1, 0.15) is 0 Å². The maximum absolute atomic E-state index is 11.7. The van der Waals surface area contributed by atoms with Crippen LogP contribution in [0.3, 0.4) is 0 Å². The SMILES string of the molecule is COC(=O)c1ccc(-c2ccc(Cl)cc2)c(CN(C)C)c1. The zero-order chi connectivity index (χ0) is 15.4. The minimum Gasteiger partial charge on any atom is -0.465 e. The van der Waals surface area contributed by atoms with Crippen molar-refractivity contribution in [2.24, 2.45) is 0 Å². The summed E-state index contributed by atoms with van der Waals surface area (Å²) in [6.45, 7) is 0.739. The molecule has 0 aliphatic heterocycles. The van der Waals surface area contributed by atoms with Gasteiger partial charge in [0.15, 0.2) is 0 Å². The third-order valence-corrected chi connectivity index (χ3v) is 3.42. The van der Waals surface area contributed by atoms with Crippen LogP contribution >= 0.6 is 11.6 Å². The van der Waals surface area contributed by atoms with E-state index in [-0.39, 0.29) is 5.97 Å². The molecule has 0 amide bonds. The molecule has 0 aromatic heterocycles. The molecule has 21 heavy (non-hydrogen) atoms. The Balaban J connectivity index is 2.48. The lowest BCUT2D eigenvalue weighted by molar-refractivity contribution is 0.0600. The predicted octanol–water partition coefficient (Wildman–Crippen LogP) is 3.86. The largest absolute Gasteiger partial charge is 0.465 e. The highest BCUT2D eigenvalue weighted by Gasteiger charge is 2.12. The van der Waals surface area contributed by atoms with Gasteiger partial charge in [0.25, 0.3) is 0 Å². The lowest BCUT2D eigenvalue weighted by atomic mass is 9.97. The van der Waals surface area contributed by atoms with Crippen LogP contribution in [-0.2, 0) is 11.3 Å². The van der Waals surface area contributed by atoms with Crippen molar-refractivity contribution in [2.75, 3.05) is 21.2 Å². The molecule has 0 aliphatic carbocycles. The molecule has 0 heterocycles. The minimum absolute atomic E-state index is 0.322. The summed E-state index contributed by atoms with van der Waals surface area (Å²) < 4.78 is 4.79. The van der Waals surface area contributed by atoms with Crippen molar-refractivity contribution in [1.29, 1.82) is 0 Å². The summed E-state index contributed by atoms with van der Waals surface area (Å²) in [7, 11) is 5.38. The molecule has 0 fully saturated rings. The quantitative estimate of drug-likeness (QED) is 0.803. The molecule has 110 valence electrons. The van der Waals surface area contributed by atoms with Crippen LogP contribution in [0.5, 0.6) is 0 Å². The molecule has 0 aliphatic rings. The van der Waals surface area contributed by atoms with E-state index < -0.39 is 0 Å². The van der Waals surface area contributed by atoms with Gasteiger partial charge in [-0.15, -0.1) is 0 Å². The van der Waals surface area contributed by atoms with Gasteiger partial charge in [0.05, 0.1) is 12.7 Å². The summed E-state index contributed by atoms with van der Waals surface area (Å²) in [5.41, 5.74) is 3.80. The lowest BCUT2D eigenvalue weighted by Gasteiger charge is -2.15. The van der Waals surface area contributed by atoms with Gasteiger partial charge in [-0.05, 0) is 55.1 Å². The van der Waals surface area contributed by atoms with Gasteiger partial charge >= 0.3 is 5.97 Å². The van der Waals surface area contributed by atoms with Crippen LogP contribution in [0, 0.1) is 0 Å². The van der Waals surface area contributed by atoms with Crippen molar-refractivity contribution >= 4 is 17.6 Å². The Morgan fingerprint density at radius 3 is 2.38 bits per heavy atom. The monoisotopic (exact) mass is 303 g/mol. The first-order valence-corrected chi connectivity index (χ1v) is 7.01. The molecule has 3 nitrogen and oxygen atoms in total. The number of rotatable bonds is 4. The van der Waals surface area contributed by atoms with Gasteiger partial charge in [0.2, 0.25) is 0 Å². The van der Waals surface area contributed by atoms with E-state index in [2.05, 4.69) is 4.90 Å². The van der Waals surface area contributed by atoms with Gasteiger partial charge in [-0.25, -0.2) is 4.79 Å². The standard InChI is InChI=1S/C17H18ClNO2/c1-19(2)11-14-10-13(17(20)21-3)6-9-16(14)12-4-7-15(18)8-5-12/h4-10H,11H2,1-3H3. The zero-order valence-electron chi connectivity index (χ0n) is 12.4. The summed E-state index contributed by atoms with van der Waals surface area (Å²) >= 11 is 5.94. The highest BCUT2D eigenvalue weighted by atomic mass is 35.5. The molecule has 0 N–H and O–H groups in total. The van der Waals surface area contributed by atoms with E-state index in [0.29, 0.717) is 10.6 Å². The summed E-state index contributed by atoms with van der Waals surface area (Å²) in [4.78, 5) is 13.8. The Kier molecular flexibility index (Phi) is 4.99. The maximum Gasteiger partial charge on any atom is 0.337 e. The predicted molar refractivity (Wildman–Crippen MR) is 85.6 cm³/mol. The molecular weight excluding hydrogens is 286 g/mol. The van der Waals surface area contributed by atoms with E-state index in [9.17, 15) is 4.79 Å². The number of hydrogen-bond donors (Lipinski definition) is 0. The number of esters is 1. The fourth-order valence-electron chi connectivity index (χ4n) is 2.22. The van der Waals surface area contributed by atoms with Crippen molar-refractivity contribution < 1.29 is 9.53 Å². The first kappa shape index (κ1) is 15.5. The number of benzene rings is 2. The Morgan fingerprint density at radius 2 is 1.81 bits per heavy atom. The molecule has 0 saturated heterocycles. The Morgan fingerprint density at radius 1 is 1.14 bits per heavy atom. The second kappa shape index (κ2) is 6.74. The van der Waals surface area contributed by atoms with E-state index in [1.54, 1.807) is 6.07 Å². The molecule has 2 rings (SSSR count). The Labute approximate surface area is 130 Å². The summed E-state index contributed by atoms with van der Waals surface area (Å²) in [6, 6.07) is 13.3. The Hall–Kier alpha value is -1.84. The van der Waals surface area contributed by atoms with Crippen LogP contribution in [-0.4, -0.2) is 32.1 Å². The van der Waals surface area contributed by atoms with Crippen molar-refractivity contribution in [2.45, 2.75) is 6.54 Å². The van der Waals surface area contributed by atoms with Crippen LogP contribution in [0.25, 0.3) is 11.1 Å². The molecule has 2 aromatic carbocycles. The number of carbonyl (C=O) groups excluding carboxylic acids is 1. The number of nitrogens with zero attached hydrogens (tertiary/aromatic N) is 1. The summed E-state index contributed by atoms with van der Waals surface area (Å²) in [5, 5.41) is 0.707. The van der Waals surface area contributed by atoms with Crippen LogP contribution in [0.1, 0.15) is 15.9 Å². The molecule has 2 aromatic rings. The minimum atomic E-state index is -0.322. The molecule has 4 heteroatoms. The van der Waals surface area contributed by atoms with Crippen LogP contribution in [0.4, 0.5) is 0 Å². The molecular formula is C17H18ClNO2. The van der Waals surface area contributed by atoms with E-state index in [1.807, 2.05) is 50.5 Å². The van der Waals surface area contributed by atoms with Gasteiger partial charge in [-0.2, -0.15) is 0 Å². The normalized spacial score (nSPS) is 10.7. The molecule has 0 spiro atoms. The number of carbonyl (C=O) groups is 1. The fourth-order valence-corrected chi connectivity index (χ4v) is 2.35. The van der Waals surface area contributed by atoms with Gasteiger partial charge in [-0.3, -0.25) is 0 Å². The van der Waals surface area contributed by atoms with Crippen LogP contribution in [0.15, 0.2) is 42.5 Å². The Bertz CT molecular complexity index is 636. The maximum atomic E-state index is 11.7. The van der Waals surface area contributed by atoms with Gasteiger partial charge in [-0.1, -0.05) is 29.8 Å². The number of halogens is 1. The average molecular weight is 304 g/mol. The molecule has 0 bridgehead atoms. The number of methoxy groups -OCH3 is 1. The topological polar surface area (TPSA) is 29.5 Å². The van der Waals surface area contributed by atoms with E-state index >= 15 is 0 Å². The van der Waals surface area contributed by atoms with Gasteiger partial charge in [0, 0.05) is 11.6 Å². The second-order valence-electron chi connectivity index (χ2n) is 5.11. The van der Waals surface area contributed by atoms with E-state index in [1.165, 1.54) is 7.11 Å². The smallest absolute Gasteiger partial charge is 0.337 e. The van der Waals surface area contributed by atoms with Crippen molar-refractivity contribution in [3.63, 3.8) is 0 Å². The number of ether oxygens (including phenoxy) is 1.